The van der Waals surface area contributed by atoms with Gasteiger partial charge >= 0.3 is 0 Å². The van der Waals surface area contributed by atoms with Gasteiger partial charge in [0.25, 0.3) is 5.91 Å². The highest BCUT2D eigenvalue weighted by Gasteiger charge is 2.19. The van der Waals surface area contributed by atoms with Gasteiger partial charge in [-0.3, -0.25) is 4.79 Å². The Kier molecular flexibility index (Phi) is 6.78. The molecule has 2 N–H and O–H groups in total. The molecule has 0 aliphatic rings. The van der Waals surface area contributed by atoms with E-state index in [0.29, 0.717) is 17.1 Å². The maximum absolute atomic E-state index is 12.9. The van der Waals surface area contributed by atoms with E-state index in [1.54, 1.807) is 28.9 Å². The Labute approximate surface area is 195 Å². The molecule has 168 valence electrons. The summed E-state index contributed by atoms with van der Waals surface area (Å²) in [5.74, 6) is -0.0191. The number of para-hydroxylation sites is 1. The van der Waals surface area contributed by atoms with Crippen molar-refractivity contribution in [3.63, 3.8) is 0 Å². The number of hydrogen-bond acceptors (Lipinski definition) is 6. The second kappa shape index (κ2) is 9.90. The van der Waals surface area contributed by atoms with E-state index in [1.807, 2.05) is 47.8 Å². The van der Waals surface area contributed by atoms with Gasteiger partial charge in [-0.1, -0.05) is 42.5 Å². The minimum Gasteiger partial charge on any atom is -0.319 e. The topological polar surface area (TPSA) is 106 Å². The fraction of sp³-hybridized carbons (Fsp3) is 0.0870. The molecule has 0 saturated heterocycles. The van der Waals surface area contributed by atoms with Crippen LogP contribution in [0.15, 0.2) is 84.8 Å². The quantitative estimate of drug-likeness (QED) is 0.355. The second-order valence-electron chi connectivity index (χ2n) is 7.03. The standard InChI is InChI=1S/C23H21N5O3S2/c1-2-14-24-33(30,31)16-17-10-12-18(13-11-17)25-23(29)21-26-22(20-9-6-15-32-20)28(27-21)19-7-4-3-5-8-19/h2-13,15,24H,1,14,16H2,(H,25,29). The number of nitrogens with one attached hydrogen (secondary N) is 2. The van der Waals surface area contributed by atoms with E-state index in [9.17, 15) is 13.2 Å². The zero-order valence-electron chi connectivity index (χ0n) is 17.5. The summed E-state index contributed by atoms with van der Waals surface area (Å²) in [4.78, 5) is 18.2. The first-order chi connectivity index (χ1) is 15.9. The zero-order valence-corrected chi connectivity index (χ0v) is 19.1. The SMILES string of the molecule is C=CCNS(=O)(=O)Cc1ccc(NC(=O)c2nc(-c3cccs3)n(-c3ccccc3)n2)cc1. The van der Waals surface area contributed by atoms with E-state index in [-0.39, 0.29) is 18.1 Å². The number of nitrogens with zero attached hydrogens (tertiary/aromatic N) is 3. The molecule has 0 aliphatic carbocycles. The van der Waals surface area contributed by atoms with Gasteiger partial charge in [0.05, 0.1) is 16.3 Å². The summed E-state index contributed by atoms with van der Waals surface area (Å²) >= 11 is 1.51. The lowest BCUT2D eigenvalue weighted by atomic mass is 10.2. The molecule has 0 fully saturated rings. The van der Waals surface area contributed by atoms with Gasteiger partial charge in [0.1, 0.15) is 0 Å². The van der Waals surface area contributed by atoms with Gasteiger partial charge in [-0.05, 0) is 41.3 Å². The molecule has 4 aromatic rings. The minimum atomic E-state index is -3.46. The molecule has 0 bridgehead atoms. The van der Waals surface area contributed by atoms with Crippen LogP contribution in [-0.4, -0.2) is 35.6 Å². The van der Waals surface area contributed by atoms with E-state index < -0.39 is 15.9 Å². The fourth-order valence-corrected chi connectivity index (χ4v) is 4.85. The number of sulfonamides is 1. The van der Waals surface area contributed by atoms with Gasteiger partial charge in [0, 0.05) is 12.2 Å². The molecule has 2 heterocycles. The summed E-state index contributed by atoms with van der Waals surface area (Å²) in [6.45, 7) is 3.67. The predicted octanol–water partition coefficient (Wildman–Crippen LogP) is 3.85. The number of carbonyl (C=O) groups excluding carboxylic acids is 1. The monoisotopic (exact) mass is 479 g/mol. The lowest BCUT2D eigenvalue weighted by Crippen LogP contribution is -2.25. The second-order valence-corrected chi connectivity index (χ2v) is 9.79. The van der Waals surface area contributed by atoms with Gasteiger partial charge in [0.15, 0.2) is 5.82 Å². The molecule has 0 radical (unpaired) electrons. The Morgan fingerprint density at radius 2 is 1.82 bits per heavy atom. The van der Waals surface area contributed by atoms with E-state index in [1.165, 1.54) is 17.4 Å². The van der Waals surface area contributed by atoms with Gasteiger partial charge < -0.3 is 5.32 Å². The van der Waals surface area contributed by atoms with Crippen molar-refractivity contribution in [3.8, 4) is 16.4 Å². The molecule has 0 aliphatic heterocycles. The molecule has 0 unspecified atom stereocenters. The normalized spacial score (nSPS) is 11.3. The molecule has 0 saturated carbocycles. The van der Waals surface area contributed by atoms with Crippen molar-refractivity contribution in [2.75, 3.05) is 11.9 Å². The van der Waals surface area contributed by atoms with Crippen molar-refractivity contribution < 1.29 is 13.2 Å². The van der Waals surface area contributed by atoms with Gasteiger partial charge in [-0.2, -0.15) is 0 Å². The number of aromatic nitrogens is 3. The molecule has 2 aromatic heterocycles. The molecule has 33 heavy (non-hydrogen) atoms. The maximum Gasteiger partial charge on any atom is 0.295 e. The number of hydrogen-bond donors (Lipinski definition) is 2. The van der Waals surface area contributed by atoms with E-state index >= 15 is 0 Å². The third kappa shape index (κ3) is 5.61. The van der Waals surface area contributed by atoms with Crippen LogP contribution < -0.4 is 10.0 Å². The molecular weight excluding hydrogens is 458 g/mol. The number of carbonyl (C=O) groups is 1. The van der Waals surface area contributed by atoms with Crippen LogP contribution in [0.1, 0.15) is 16.2 Å². The summed E-state index contributed by atoms with van der Waals surface area (Å²) < 4.78 is 28.1. The summed E-state index contributed by atoms with van der Waals surface area (Å²) in [6, 6.07) is 19.9. The molecule has 0 atom stereocenters. The van der Waals surface area contributed by atoms with Crippen molar-refractivity contribution in [2.24, 2.45) is 0 Å². The molecule has 4 rings (SSSR count). The lowest BCUT2D eigenvalue weighted by molar-refractivity contribution is 0.101. The minimum absolute atomic E-state index is 0.0301. The molecular formula is C23H21N5O3S2. The van der Waals surface area contributed by atoms with Crippen LogP contribution in [0.5, 0.6) is 0 Å². The highest BCUT2D eigenvalue weighted by Crippen LogP contribution is 2.25. The molecule has 8 nitrogen and oxygen atoms in total. The van der Waals surface area contributed by atoms with Crippen molar-refractivity contribution in [1.82, 2.24) is 19.5 Å². The van der Waals surface area contributed by atoms with Crippen LogP contribution in [0.4, 0.5) is 5.69 Å². The highest BCUT2D eigenvalue weighted by molar-refractivity contribution is 7.88. The molecule has 10 heteroatoms. The Hall–Kier alpha value is -3.60. The Morgan fingerprint density at radius 1 is 1.06 bits per heavy atom. The smallest absolute Gasteiger partial charge is 0.295 e. The van der Waals surface area contributed by atoms with E-state index in [2.05, 4.69) is 26.7 Å². The van der Waals surface area contributed by atoms with Crippen molar-refractivity contribution in [3.05, 3.63) is 96.2 Å². The third-order valence-electron chi connectivity index (χ3n) is 4.57. The van der Waals surface area contributed by atoms with Gasteiger partial charge in [-0.25, -0.2) is 22.8 Å². The lowest BCUT2D eigenvalue weighted by Gasteiger charge is -2.07. The highest BCUT2D eigenvalue weighted by atomic mass is 32.2. The Balaban J connectivity index is 1.53. The number of thiophene rings is 1. The van der Waals surface area contributed by atoms with Crippen molar-refractivity contribution in [2.45, 2.75) is 5.75 Å². The van der Waals surface area contributed by atoms with Crippen LogP contribution in [0.3, 0.4) is 0 Å². The molecule has 0 spiro atoms. The number of benzene rings is 2. The van der Waals surface area contributed by atoms with Crippen molar-refractivity contribution >= 4 is 33.0 Å². The third-order valence-corrected chi connectivity index (χ3v) is 6.75. The summed E-state index contributed by atoms with van der Waals surface area (Å²) in [5, 5.41) is 9.14. The molecule has 1 amide bonds. The van der Waals surface area contributed by atoms with E-state index in [0.717, 1.165) is 10.6 Å². The Morgan fingerprint density at radius 3 is 2.48 bits per heavy atom. The summed E-state index contributed by atoms with van der Waals surface area (Å²) in [7, 11) is -3.46. The zero-order chi connectivity index (χ0) is 23.3. The predicted molar refractivity (Wildman–Crippen MR) is 130 cm³/mol. The van der Waals surface area contributed by atoms with Crippen LogP contribution in [0.25, 0.3) is 16.4 Å². The largest absolute Gasteiger partial charge is 0.319 e. The van der Waals surface area contributed by atoms with E-state index in [4.69, 9.17) is 0 Å². The van der Waals surface area contributed by atoms with Crippen LogP contribution in [0.2, 0.25) is 0 Å². The van der Waals surface area contributed by atoms with Crippen LogP contribution >= 0.6 is 11.3 Å². The average Bonchev–Trinajstić information content (AvgIpc) is 3.49. The Bertz CT molecular complexity index is 1350. The fourth-order valence-electron chi connectivity index (χ4n) is 3.05. The number of amides is 1. The van der Waals surface area contributed by atoms with Crippen molar-refractivity contribution in [1.29, 1.82) is 0 Å². The average molecular weight is 480 g/mol. The van der Waals surface area contributed by atoms with Gasteiger partial charge in [0.2, 0.25) is 15.8 Å². The van der Waals surface area contributed by atoms with Crippen LogP contribution in [-0.2, 0) is 15.8 Å². The first-order valence-corrected chi connectivity index (χ1v) is 12.5. The van der Waals surface area contributed by atoms with Gasteiger partial charge in [-0.15, -0.1) is 23.0 Å². The van der Waals surface area contributed by atoms with Crippen LogP contribution in [0, 0.1) is 0 Å². The maximum atomic E-state index is 12.9. The molecule has 2 aromatic carbocycles. The summed E-state index contributed by atoms with van der Waals surface area (Å²) in [5.41, 5.74) is 1.90. The number of rotatable bonds is 9. The first-order valence-electron chi connectivity index (χ1n) is 10.00. The summed E-state index contributed by atoms with van der Waals surface area (Å²) in [6.07, 6.45) is 1.48. The number of anilines is 1. The first kappa shape index (κ1) is 22.6.